The Balaban J connectivity index is 2.20. The first-order valence-corrected chi connectivity index (χ1v) is 7.52. The molecule has 0 radical (unpaired) electrons. The summed E-state index contributed by atoms with van der Waals surface area (Å²) in [6.45, 7) is 2.80. The highest BCUT2D eigenvalue weighted by molar-refractivity contribution is 9.10. The van der Waals surface area contributed by atoms with Crippen molar-refractivity contribution in [2.75, 3.05) is 20.3 Å². The molecule has 0 aromatic heterocycles. The molecule has 0 saturated carbocycles. The average Bonchev–Trinajstić information content (AvgIpc) is 2.71. The summed E-state index contributed by atoms with van der Waals surface area (Å²) in [6.07, 6.45) is 0.891. The molecular weight excluding hydrogens is 340 g/mol. The van der Waals surface area contributed by atoms with Crippen LogP contribution in [0.1, 0.15) is 30.1 Å². The first-order valence-electron chi connectivity index (χ1n) is 6.73. The number of fused-ring (bicyclic) bond motifs is 1. The Hall–Kier alpha value is -1.56. The molecule has 21 heavy (non-hydrogen) atoms. The Morgan fingerprint density at radius 1 is 1.33 bits per heavy atom. The molecule has 1 heterocycles. The molecule has 2 rings (SSSR count). The number of carbonyl (C=O) groups is 2. The highest BCUT2D eigenvalue weighted by Crippen LogP contribution is 2.38. The van der Waals surface area contributed by atoms with Crippen LogP contribution in [0.25, 0.3) is 0 Å². The Morgan fingerprint density at radius 3 is 2.76 bits per heavy atom. The molecular formula is C15H17BrO5. The number of halogens is 1. The molecule has 0 N–H and O–H groups in total. The molecule has 5 nitrogen and oxygen atoms in total. The number of esters is 1. The zero-order valence-corrected chi connectivity index (χ0v) is 13.6. The Kier molecular flexibility index (Phi) is 5.22. The molecule has 6 heteroatoms. The second-order valence-corrected chi connectivity index (χ2v) is 5.74. The van der Waals surface area contributed by atoms with Gasteiger partial charge in [0.2, 0.25) is 0 Å². The fourth-order valence-electron chi connectivity index (χ4n) is 2.07. The number of ketones is 1. The van der Waals surface area contributed by atoms with Gasteiger partial charge in [-0.2, -0.15) is 0 Å². The summed E-state index contributed by atoms with van der Waals surface area (Å²) in [7, 11) is 1.31. The minimum absolute atomic E-state index is 0.0960. The topological polar surface area (TPSA) is 61.8 Å². The van der Waals surface area contributed by atoms with Gasteiger partial charge in [0, 0.05) is 18.4 Å². The van der Waals surface area contributed by atoms with Crippen LogP contribution in [0, 0.1) is 5.92 Å². The largest absolute Gasteiger partial charge is 0.489 e. The van der Waals surface area contributed by atoms with Crippen molar-refractivity contribution in [2.24, 2.45) is 5.92 Å². The average molecular weight is 357 g/mol. The van der Waals surface area contributed by atoms with Crippen molar-refractivity contribution in [3.63, 3.8) is 0 Å². The lowest BCUT2D eigenvalue weighted by atomic mass is 9.99. The zero-order chi connectivity index (χ0) is 15.4. The van der Waals surface area contributed by atoms with E-state index in [0.717, 1.165) is 6.42 Å². The third-order valence-electron chi connectivity index (χ3n) is 3.22. The molecule has 1 aliphatic heterocycles. The van der Waals surface area contributed by atoms with Gasteiger partial charge < -0.3 is 14.2 Å². The molecule has 1 aromatic carbocycles. The Morgan fingerprint density at radius 2 is 2.05 bits per heavy atom. The molecule has 0 aliphatic carbocycles. The molecule has 0 fully saturated rings. The van der Waals surface area contributed by atoms with E-state index in [0.29, 0.717) is 34.7 Å². The SMILES string of the molecule is COC(=O)C(C)CC(=O)c1cc(Br)c2c(c1)OCCCO2. The van der Waals surface area contributed by atoms with E-state index in [1.807, 2.05) is 0 Å². The van der Waals surface area contributed by atoms with Gasteiger partial charge in [0.1, 0.15) is 0 Å². The van der Waals surface area contributed by atoms with Crippen molar-refractivity contribution < 1.29 is 23.8 Å². The number of benzene rings is 1. The van der Waals surface area contributed by atoms with Crippen LogP contribution in [0.4, 0.5) is 0 Å². The first kappa shape index (κ1) is 15.8. The highest BCUT2D eigenvalue weighted by Gasteiger charge is 2.22. The van der Waals surface area contributed by atoms with Crippen LogP contribution >= 0.6 is 15.9 Å². The summed E-state index contributed by atoms with van der Waals surface area (Å²) in [5.74, 6) is 0.166. The van der Waals surface area contributed by atoms with E-state index in [2.05, 4.69) is 20.7 Å². The molecule has 0 spiro atoms. The molecule has 1 aromatic rings. The van der Waals surface area contributed by atoms with Crippen molar-refractivity contribution in [2.45, 2.75) is 19.8 Å². The highest BCUT2D eigenvalue weighted by atomic mass is 79.9. The standard InChI is InChI=1S/C15H17BrO5/c1-9(15(18)19-2)6-12(17)10-7-11(16)14-13(8-10)20-4-3-5-21-14/h7-9H,3-6H2,1-2H3. The van der Waals surface area contributed by atoms with Gasteiger partial charge in [-0.05, 0) is 28.1 Å². The monoisotopic (exact) mass is 356 g/mol. The van der Waals surface area contributed by atoms with E-state index < -0.39 is 11.9 Å². The first-order chi connectivity index (χ1) is 10.0. The number of Topliss-reactive ketones (excluding diaryl/α,β-unsaturated/α-hetero) is 1. The van der Waals surface area contributed by atoms with Gasteiger partial charge in [-0.15, -0.1) is 0 Å². The molecule has 1 aliphatic rings. The minimum atomic E-state index is -0.475. The van der Waals surface area contributed by atoms with Crippen LogP contribution < -0.4 is 9.47 Å². The Bertz CT molecular complexity index is 555. The van der Waals surface area contributed by atoms with Crippen molar-refractivity contribution in [1.29, 1.82) is 0 Å². The van der Waals surface area contributed by atoms with Crippen LogP contribution in [-0.2, 0) is 9.53 Å². The van der Waals surface area contributed by atoms with Gasteiger partial charge in [0.25, 0.3) is 0 Å². The Labute approximate surface area is 131 Å². The molecule has 0 amide bonds. The number of methoxy groups -OCH3 is 1. The third kappa shape index (κ3) is 3.75. The van der Waals surface area contributed by atoms with E-state index >= 15 is 0 Å². The summed E-state index contributed by atoms with van der Waals surface area (Å²) < 4.78 is 16.5. The van der Waals surface area contributed by atoms with Crippen LogP contribution in [0.5, 0.6) is 11.5 Å². The number of hydrogen-bond donors (Lipinski definition) is 0. The number of rotatable bonds is 4. The summed E-state index contributed by atoms with van der Waals surface area (Å²) in [5, 5.41) is 0. The van der Waals surface area contributed by atoms with Gasteiger partial charge in [-0.3, -0.25) is 9.59 Å². The van der Waals surface area contributed by atoms with E-state index in [1.165, 1.54) is 7.11 Å². The van der Waals surface area contributed by atoms with Gasteiger partial charge in [0.05, 0.1) is 30.7 Å². The second kappa shape index (κ2) is 6.93. The number of hydrogen-bond acceptors (Lipinski definition) is 5. The van der Waals surface area contributed by atoms with Gasteiger partial charge in [0.15, 0.2) is 17.3 Å². The fraction of sp³-hybridized carbons (Fsp3) is 0.467. The van der Waals surface area contributed by atoms with Crippen molar-refractivity contribution >= 4 is 27.7 Å². The third-order valence-corrected chi connectivity index (χ3v) is 3.81. The predicted molar refractivity (Wildman–Crippen MR) is 79.9 cm³/mol. The zero-order valence-electron chi connectivity index (χ0n) is 12.0. The second-order valence-electron chi connectivity index (χ2n) is 4.89. The summed E-state index contributed by atoms with van der Waals surface area (Å²) in [4.78, 5) is 23.7. The molecule has 0 saturated heterocycles. The van der Waals surface area contributed by atoms with Crippen molar-refractivity contribution in [1.82, 2.24) is 0 Å². The van der Waals surface area contributed by atoms with Crippen LogP contribution in [0.2, 0.25) is 0 Å². The maximum atomic E-state index is 12.3. The molecule has 1 atom stereocenters. The van der Waals surface area contributed by atoms with Gasteiger partial charge in [-0.25, -0.2) is 0 Å². The van der Waals surface area contributed by atoms with E-state index in [9.17, 15) is 9.59 Å². The van der Waals surface area contributed by atoms with E-state index in [4.69, 9.17) is 9.47 Å². The van der Waals surface area contributed by atoms with Gasteiger partial charge >= 0.3 is 5.97 Å². The smallest absolute Gasteiger partial charge is 0.308 e. The molecule has 1 unspecified atom stereocenters. The van der Waals surface area contributed by atoms with Crippen LogP contribution in [-0.4, -0.2) is 32.1 Å². The number of ether oxygens (including phenoxy) is 3. The van der Waals surface area contributed by atoms with Crippen LogP contribution in [0.3, 0.4) is 0 Å². The number of carbonyl (C=O) groups excluding carboxylic acids is 2. The maximum absolute atomic E-state index is 12.3. The van der Waals surface area contributed by atoms with Crippen molar-refractivity contribution in [3.8, 4) is 11.5 Å². The summed E-state index contributed by atoms with van der Waals surface area (Å²) in [6, 6.07) is 3.36. The predicted octanol–water partition coefficient (Wildman–Crippen LogP) is 2.99. The quantitative estimate of drug-likeness (QED) is 0.612. The fourth-order valence-corrected chi connectivity index (χ4v) is 2.63. The summed E-state index contributed by atoms with van der Waals surface area (Å²) in [5.41, 5.74) is 0.488. The van der Waals surface area contributed by atoms with E-state index in [1.54, 1.807) is 19.1 Å². The molecule has 114 valence electrons. The summed E-state index contributed by atoms with van der Waals surface area (Å²) >= 11 is 3.40. The molecule has 0 bridgehead atoms. The lowest BCUT2D eigenvalue weighted by Gasteiger charge is -2.12. The maximum Gasteiger partial charge on any atom is 0.308 e. The van der Waals surface area contributed by atoms with E-state index in [-0.39, 0.29) is 12.2 Å². The normalized spacial score (nSPS) is 15.0. The lowest BCUT2D eigenvalue weighted by molar-refractivity contribution is -0.144. The lowest BCUT2D eigenvalue weighted by Crippen LogP contribution is -2.17. The van der Waals surface area contributed by atoms with Crippen molar-refractivity contribution in [3.05, 3.63) is 22.2 Å². The van der Waals surface area contributed by atoms with Crippen LogP contribution in [0.15, 0.2) is 16.6 Å². The van der Waals surface area contributed by atoms with Gasteiger partial charge in [-0.1, -0.05) is 6.92 Å². The minimum Gasteiger partial charge on any atom is -0.489 e.